The van der Waals surface area contributed by atoms with Gasteiger partial charge in [0.25, 0.3) is 0 Å². The zero-order chi connectivity index (χ0) is 24.0. The number of nitriles is 1. The third-order valence-corrected chi connectivity index (χ3v) is 9.15. The first-order valence-electron chi connectivity index (χ1n) is 11.4. The predicted molar refractivity (Wildman–Crippen MR) is 132 cm³/mol. The maximum Gasteiger partial charge on any atom is 0.243 e. The molecule has 1 saturated heterocycles. The topological polar surface area (TPSA) is 84.6 Å². The first-order valence-corrected chi connectivity index (χ1v) is 12.9. The minimum Gasteiger partial charge on any atom is -0.394 e. The summed E-state index contributed by atoms with van der Waals surface area (Å²) in [5.41, 5.74) is 5.29. The van der Waals surface area contributed by atoms with Crippen LogP contribution in [0.5, 0.6) is 0 Å². The third kappa shape index (κ3) is 3.59. The van der Waals surface area contributed by atoms with Gasteiger partial charge in [-0.05, 0) is 66.4 Å². The average molecular weight is 474 g/mol. The van der Waals surface area contributed by atoms with Crippen molar-refractivity contribution in [3.05, 3.63) is 83.4 Å². The highest BCUT2D eigenvalue weighted by atomic mass is 32.2. The minimum absolute atomic E-state index is 0.0246. The maximum atomic E-state index is 13.7. The van der Waals surface area contributed by atoms with Gasteiger partial charge in [0, 0.05) is 25.2 Å². The molecule has 7 heteroatoms. The number of aliphatic hydroxyl groups is 1. The molecule has 2 heterocycles. The molecule has 34 heavy (non-hydrogen) atoms. The summed E-state index contributed by atoms with van der Waals surface area (Å²) in [5, 5.41) is 19.5. The summed E-state index contributed by atoms with van der Waals surface area (Å²) >= 11 is 0. The fourth-order valence-corrected chi connectivity index (χ4v) is 7.14. The van der Waals surface area contributed by atoms with Crippen molar-refractivity contribution in [1.29, 1.82) is 5.26 Å². The second kappa shape index (κ2) is 8.55. The van der Waals surface area contributed by atoms with Gasteiger partial charge in [-0.25, -0.2) is 8.42 Å². The van der Waals surface area contributed by atoms with Crippen LogP contribution >= 0.6 is 0 Å². The number of nitrogens with zero attached hydrogens (tertiary/aromatic N) is 3. The molecular formula is C27H27N3O3S. The van der Waals surface area contributed by atoms with Gasteiger partial charge in [-0.15, -0.1) is 0 Å². The smallest absolute Gasteiger partial charge is 0.243 e. The Kier molecular flexibility index (Phi) is 5.68. The SMILES string of the molecule is Cc1ccc(S(=O)(=O)N2CC[C@H]3[C@@H](CO)N(C)c4ccc(-c5cccc(C#N)c5)cc4[C@H]32)cc1. The molecule has 1 N–H and O–H groups in total. The molecular weight excluding hydrogens is 446 g/mol. The Morgan fingerprint density at radius 3 is 2.50 bits per heavy atom. The van der Waals surface area contributed by atoms with E-state index in [1.54, 1.807) is 22.5 Å². The highest BCUT2D eigenvalue weighted by molar-refractivity contribution is 7.89. The molecule has 3 aromatic carbocycles. The van der Waals surface area contributed by atoms with E-state index >= 15 is 0 Å². The van der Waals surface area contributed by atoms with Crippen LogP contribution in [0.3, 0.4) is 0 Å². The largest absolute Gasteiger partial charge is 0.394 e. The molecule has 2 aliphatic heterocycles. The molecule has 5 rings (SSSR count). The van der Waals surface area contributed by atoms with Crippen LogP contribution in [0, 0.1) is 24.2 Å². The molecule has 2 aliphatic rings. The molecule has 1 fully saturated rings. The summed E-state index contributed by atoms with van der Waals surface area (Å²) < 4.78 is 29.1. The number of fused-ring (bicyclic) bond motifs is 3. The maximum absolute atomic E-state index is 13.7. The summed E-state index contributed by atoms with van der Waals surface area (Å²) in [6, 6.07) is 22.1. The van der Waals surface area contributed by atoms with Gasteiger partial charge in [0.15, 0.2) is 0 Å². The van der Waals surface area contributed by atoms with E-state index in [2.05, 4.69) is 17.0 Å². The van der Waals surface area contributed by atoms with E-state index < -0.39 is 10.0 Å². The van der Waals surface area contributed by atoms with Gasteiger partial charge >= 0.3 is 0 Å². The first kappa shape index (κ1) is 22.6. The lowest BCUT2D eigenvalue weighted by Gasteiger charge is -2.44. The van der Waals surface area contributed by atoms with Crippen LogP contribution in [0.1, 0.15) is 29.2 Å². The number of hydrogen-bond acceptors (Lipinski definition) is 5. The van der Waals surface area contributed by atoms with Crippen molar-refractivity contribution in [2.24, 2.45) is 5.92 Å². The van der Waals surface area contributed by atoms with Crippen LogP contribution in [0.2, 0.25) is 0 Å². The summed E-state index contributed by atoms with van der Waals surface area (Å²) in [6.07, 6.45) is 0.679. The van der Waals surface area contributed by atoms with Crippen molar-refractivity contribution >= 4 is 15.7 Å². The van der Waals surface area contributed by atoms with Gasteiger partial charge in [-0.1, -0.05) is 35.9 Å². The molecule has 0 aliphatic carbocycles. The molecule has 0 saturated carbocycles. The van der Waals surface area contributed by atoms with Crippen LogP contribution < -0.4 is 4.90 Å². The normalized spacial score (nSPS) is 22.2. The van der Waals surface area contributed by atoms with E-state index in [0.717, 1.165) is 27.9 Å². The molecule has 0 unspecified atom stereocenters. The number of likely N-dealkylation sites (N-methyl/N-ethyl adjacent to an activating group) is 1. The lowest BCUT2D eigenvalue weighted by Crippen LogP contribution is -2.48. The van der Waals surface area contributed by atoms with Crippen LogP contribution in [-0.2, 0) is 10.0 Å². The summed E-state index contributed by atoms with van der Waals surface area (Å²) in [5.74, 6) is -0.0246. The van der Waals surface area contributed by atoms with Crippen LogP contribution in [0.15, 0.2) is 71.6 Å². The van der Waals surface area contributed by atoms with Crippen molar-refractivity contribution in [3.8, 4) is 17.2 Å². The van der Waals surface area contributed by atoms with Crippen molar-refractivity contribution in [1.82, 2.24) is 4.31 Å². The van der Waals surface area contributed by atoms with Crippen LogP contribution in [0.25, 0.3) is 11.1 Å². The second-order valence-electron chi connectivity index (χ2n) is 9.15. The Hall–Kier alpha value is -3.18. The zero-order valence-corrected chi connectivity index (χ0v) is 20.0. The van der Waals surface area contributed by atoms with Gasteiger partial charge in [0.2, 0.25) is 10.0 Å². The van der Waals surface area contributed by atoms with E-state index in [4.69, 9.17) is 0 Å². The molecule has 0 bridgehead atoms. The molecule has 0 amide bonds. The number of sulfonamides is 1. The molecule has 0 spiro atoms. The Morgan fingerprint density at radius 1 is 1.06 bits per heavy atom. The third-order valence-electron chi connectivity index (χ3n) is 7.26. The van der Waals surface area contributed by atoms with E-state index in [1.807, 2.05) is 56.4 Å². The molecule has 0 radical (unpaired) electrons. The van der Waals surface area contributed by atoms with E-state index in [-0.39, 0.29) is 29.5 Å². The Bertz CT molecular complexity index is 1380. The molecule has 3 atom stereocenters. The number of aliphatic hydroxyl groups excluding tert-OH is 1. The monoisotopic (exact) mass is 473 g/mol. The van der Waals surface area contributed by atoms with Crippen LogP contribution in [-0.4, -0.2) is 44.1 Å². The predicted octanol–water partition coefficient (Wildman–Crippen LogP) is 4.10. The van der Waals surface area contributed by atoms with Crippen LogP contribution in [0.4, 0.5) is 5.69 Å². The van der Waals surface area contributed by atoms with E-state index in [0.29, 0.717) is 18.5 Å². The fraction of sp³-hybridized carbons (Fsp3) is 0.296. The van der Waals surface area contributed by atoms with Crippen molar-refractivity contribution in [3.63, 3.8) is 0 Å². The molecule has 6 nitrogen and oxygen atoms in total. The average Bonchev–Trinajstić information content (AvgIpc) is 3.30. The Balaban J connectivity index is 1.64. The number of benzene rings is 3. The summed E-state index contributed by atoms with van der Waals surface area (Å²) in [4.78, 5) is 2.37. The van der Waals surface area contributed by atoms with Gasteiger partial charge in [0.1, 0.15) is 0 Å². The number of anilines is 1. The highest BCUT2D eigenvalue weighted by Crippen LogP contribution is 2.51. The van der Waals surface area contributed by atoms with Crippen molar-refractivity contribution in [2.45, 2.75) is 30.3 Å². The summed E-state index contributed by atoms with van der Waals surface area (Å²) in [7, 11) is -1.75. The van der Waals surface area contributed by atoms with E-state index in [9.17, 15) is 18.8 Å². The number of hydrogen-bond donors (Lipinski definition) is 1. The quantitative estimate of drug-likeness (QED) is 0.617. The number of aryl methyl sites for hydroxylation is 1. The van der Waals surface area contributed by atoms with Crippen molar-refractivity contribution in [2.75, 3.05) is 25.1 Å². The van der Waals surface area contributed by atoms with Gasteiger partial charge in [-0.2, -0.15) is 9.57 Å². The highest BCUT2D eigenvalue weighted by Gasteiger charge is 2.50. The fourth-order valence-electron chi connectivity index (χ4n) is 5.47. The Morgan fingerprint density at radius 2 is 1.79 bits per heavy atom. The second-order valence-corrected chi connectivity index (χ2v) is 11.0. The molecule has 0 aromatic heterocycles. The minimum atomic E-state index is -3.72. The van der Waals surface area contributed by atoms with Gasteiger partial charge in [-0.3, -0.25) is 0 Å². The van der Waals surface area contributed by atoms with E-state index in [1.165, 1.54) is 0 Å². The summed E-state index contributed by atoms with van der Waals surface area (Å²) in [6.45, 7) is 2.30. The Labute approximate surface area is 200 Å². The van der Waals surface area contributed by atoms with Gasteiger partial charge in [0.05, 0.1) is 35.2 Å². The first-order chi connectivity index (χ1) is 16.3. The molecule has 174 valence electrons. The zero-order valence-electron chi connectivity index (χ0n) is 19.2. The van der Waals surface area contributed by atoms with Crippen molar-refractivity contribution < 1.29 is 13.5 Å². The number of rotatable bonds is 4. The van der Waals surface area contributed by atoms with Gasteiger partial charge < -0.3 is 10.0 Å². The lowest BCUT2D eigenvalue weighted by molar-refractivity contribution is 0.193. The lowest BCUT2D eigenvalue weighted by atomic mass is 9.81. The standard InChI is InChI=1S/C27H27N3O3S/c1-18-6-9-22(10-7-18)34(32,33)30-13-12-23-26(17-31)29(2)25-11-8-21(15-24(25)27(23)30)20-5-3-4-19(14-20)16-28/h3-11,14-15,23,26-27,31H,12-13,17H2,1-2H3/t23-,26+,27-/m0/s1. The molecule has 3 aromatic rings.